The highest BCUT2D eigenvalue weighted by molar-refractivity contribution is 9.10. The van der Waals surface area contributed by atoms with Crippen molar-refractivity contribution < 1.29 is 28.1 Å². The fourth-order valence-electron chi connectivity index (χ4n) is 4.27. The number of aromatic nitrogens is 3. The third-order valence-corrected chi connectivity index (χ3v) is 12.5. The van der Waals surface area contributed by atoms with E-state index < -0.39 is 32.9 Å². The molecule has 0 amide bonds. The Morgan fingerprint density at radius 3 is 2.58 bits per heavy atom. The monoisotopic (exact) mass is 610 g/mol. The number of aliphatic hydroxyl groups is 1. The molecular formula is C26H36BrFN4O5Si. The quantitative estimate of drug-likeness (QED) is 0.309. The van der Waals surface area contributed by atoms with Crippen LogP contribution in [0, 0.1) is 0 Å². The molecule has 2 aromatic heterocycles. The van der Waals surface area contributed by atoms with E-state index in [0.717, 1.165) is 5.56 Å². The molecule has 12 heteroatoms. The SMILES string of the molecule is COc1ccc(CNc2ncnc3c2c(Br)cn3[C@@H]2O[C@H](CO)C(O[Si](C)(C)C(C)(C)C)[C@@H]2F)c(OC)c1. The van der Waals surface area contributed by atoms with Crippen LogP contribution in [0.1, 0.15) is 32.6 Å². The lowest BCUT2D eigenvalue weighted by molar-refractivity contribution is -0.0444. The first-order chi connectivity index (χ1) is 17.9. The van der Waals surface area contributed by atoms with E-state index in [9.17, 15) is 5.11 Å². The van der Waals surface area contributed by atoms with Gasteiger partial charge < -0.3 is 33.6 Å². The molecule has 1 fully saturated rings. The number of aliphatic hydroxyl groups excluding tert-OH is 1. The highest BCUT2D eigenvalue weighted by Gasteiger charge is 2.51. The number of nitrogens with one attached hydrogen (secondary N) is 1. The minimum Gasteiger partial charge on any atom is -0.497 e. The van der Waals surface area contributed by atoms with Crippen LogP contribution in [0.5, 0.6) is 11.5 Å². The Bertz CT molecular complexity index is 1280. The molecule has 3 heterocycles. The first-order valence-corrected chi connectivity index (χ1v) is 16.2. The van der Waals surface area contributed by atoms with Gasteiger partial charge in [0.1, 0.15) is 41.5 Å². The first kappa shape index (κ1) is 28.7. The fourth-order valence-corrected chi connectivity index (χ4v) is 6.17. The molecule has 0 bridgehead atoms. The van der Waals surface area contributed by atoms with E-state index in [2.05, 4.69) is 65.1 Å². The molecule has 3 aromatic rings. The normalized spacial score (nSPS) is 22.2. The van der Waals surface area contributed by atoms with Crippen LogP contribution in [0.25, 0.3) is 11.0 Å². The smallest absolute Gasteiger partial charge is 0.192 e. The molecular weight excluding hydrogens is 575 g/mol. The molecule has 208 valence electrons. The van der Waals surface area contributed by atoms with Crippen molar-refractivity contribution in [2.24, 2.45) is 0 Å². The van der Waals surface area contributed by atoms with E-state index in [0.29, 0.717) is 39.4 Å². The molecule has 9 nitrogen and oxygen atoms in total. The van der Waals surface area contributed by atoms with Gasteiger partial charge in [0.05, 0.1) is 26.2 Å². The predicted molar refractivity (Wildman–Crippen MR) is 150 cm³/mol. The lowest BCUT2D eigenvalue weighted by Crippen LogP contribution is -2.49. The van der Waals surface area contributed by atoms with E-state index >= 15 is 4.39 Å². The number of rotatable bonds is 9. The van der Waals surface area contributed by atoms with Crippen LogP contribution in [0.3, 0.4) is 0 Å². The molecule has 0 spiro atoms. The number of hydrogen-bond acceptors (Lipinski definition) is 8. The largest absolute Gasteiger partial charge is 0.497 e. The second-order valence-electron chi connectivity index (χ2n) is 10.9. The molecule has 0 saturated carbocycles. The third-order valence-electron chi connectivity index (χ3n) is 7.46. The van der Waals surface area contributed by atoms with Gasteiger partial charge in [0.25, 0.3) is 0 Å². The number of alkyl halides is 1. The highest BCUT2D eigenvalue weighted by atomic mass is 79.9. The van der Waals surface area contributed by atoms with Crippen molar-refractivity contribution in [2.45, 2.75) is 70.1 Å². The van der Waals surface area contributed by atoms with Gasteiger partial charge in [-0.05, 0) is 46.2 Å². The first-order valence-electron chi connectivity index (χ1n) is 12.5. The zero-order valence-corrected chi connectivity index (χ0v) is 25.4. The zero-order chi connectivity index (χ0) is 27.8. The molecule has 0 radical (unpaired) electrons. The zero-order valence-electron chi connectivity index (χ0n) is 22.8. The summed E-state index contributed by atoms with van der Waals surface area (Å²) in [6.07, 6.45) is -1.03. The van der Waals surface area contributed by atoms with Crippen molar-refractivity contribution in [3.63, 3.8) is 0 Å². The minimum atomic E-state index is -2.32. The molecule has 38 heavy (non-hydrogen) atoms. The van der Waals surface area contributed by atoms with E-state index in [-0.39, 0.29) is 11.6 Å². The molecule has 1 saturated heterocycles. The summed E-state index contributed by atoms with van der Waals surface area (Å²) in [5.74, 6) is 1.95. The summed E-state index contributed by atoms with van der Waals surface area (Å²) >= 11 is 3.60. The molecule has 1 unspecified atom stereocenters. The Kier molecular flexibility index (Phi) is 8.39. The van der Waals surface area contributed by atoms with E-state index in [1.165, 1.54) is 6.33 Å². The summed E-state index contributed by atoms with van der Waals surface area (Å²) in [6, 6.07) is 5.60. The molecule has 4 rings (SSSR count). The molecule has 4 atom stereocenters. The van der Waals surface area contributed by atoms with Gasteiger partial charge in [-0.15, -0.1) is 0 Å². The molecule has 1 aliphatic rings. The number of fused-ring (bicyclic) bond motifs is 1. The predicted octanol–water partition coefficient (Wildman–Crippen LogP) is 5.44. The van der Waals surface area contributed by atoms with Gasteiger partial charge >= 0.3 is 0 Å². The summed E-state index contributed by atoms with van der Waals surface area (Å²) in [4.78, 5) is 8.87. The van der Waals surface area contributed by atoms with Crippen LogP contribution < -0.4 is 14.8 Å². The fraction of sp³-hybridized carbons (Fsp3) is 0.538. The average Bonchev–Trinajstić information content (AvgIpc) is 3.38. The molecule has 2 N–H and O–H groups in total. The number of anilines is 1. The molecule has 1 aromatic carbocycles. The number of hydrogen-bond donors (Lipinski definition) is 2. The van der Waals surface area contributed by atoms with Gasteiger partial charge in [-0.1, -0.05) is 20.8 Å². The Balaban J connectivity index is 1.62. The topological polar surface area (TPSA) is 99.9 Å². The van der Waals surface area contributed by atoms with E-state index in [4.69, 9.17) is 18.6 Å². The van der Waals surface area contributed by atoms with Crippen molar-refractivity contribution in [3.05, 3.63) is 40.8 Å². The van der Waals surface area contributed by atoms with Crippen LogP contribution in [0.4, 0.5) is 10.2 Å². The van der Waals surface area contributed by atoms with E-state index in [1.807, 2.05) is 18.2 Å². The number of nitrogens with zero attached hydrogens (tertiary/aromatic N) is 3. The third kappa shape index (κ3) is 5.42. The molecule has 1 aliphatic heterocycles. The summed E-state index contributed by atoms with van der Waals surface area (Å²) < 4.78 is 41.5. The van der Waals surface area contributed by atoms with Crippen molar-refractivity contribution >= 4 is 41.1 Å². The number of methoxy groups -OCH3 is 2. The van der Waals surface area contributed by atoms with Crippen molar-refractivity contribution in [1.29, 1.82) is 0 Å². The second kappa shape index (κ2) is 11.1. The average molecular weight is 612 g/mol. The van der Waals surface area contributed by atoms with Gasteiger partial charge in [-0.2, -0.15) is 0 Å². The van der Waals surface area contributed by atoms with Crippen molar-refractivity contribution in [3.8, 4) is 11.5 Å². The summed E-state index contributed by atoms with van der Waals surface area (Å²) in [7, 11) is 0.892. The number of benzene rings is 1. The van der Waals surface area contributed by atoms with Crippen LogP contribution in [-0.4, -0.2) is 67.2 Å². The van der Waals surface area contributed by atoms with Crippen molar-refractivity contribution in [2.75, 3.05) is 26.1 Å². The number of halogens is 2. The van der Waals surface area contributed by atoms with Crippen molar-refractivity contribution in [1.82, 2.24) is 14.5 Å². The minimum absolute atomic E-state index is 0.117. The molecule has 0 aliphatic carbocycles. The Labute approximate surface area is 231 Å². The summed E-state index contributed by atoms with van der Waals surface area (Å²) in [6.45, 7) is 10.5. The van der Waals surface area contributed by atoms with Crippen LogP contribution >= 0.6 is 15.9 Å². The standard InChI is InChI=1S/C26H36BrFN4O5Si/c1-26(2,3)38(6,7)37-22-19(13-33)36-25(21(22)28)32-12-17(27)20-23(30-14-31-24(20)32)29-11-15-8-9-16(34-4)10-18(15)35-5/h8-10,12,14,19,21-22,25,33H,11,13H2,1-7H3,(H,29,30,31)/t19-,21+,22?,25-/m1/s1. The van der Waals surface area contributed by atoms with Gasteiger partial charge in [-0.3, -0.25) is 0 Å². The summed E-state index contributed by atoms with van der Waals surface area (Å²) in [5, 5.41) is 13.9. The lowest BCUT2D eigenvalue weighted by Gasteiger charge is -2.39. The van der Waals surface area contributed by atoms with Gasteiger partial charge in [-0.25, -0.2) is 14.4 Å². The Hall–Kier alpha value is -2.25. The number of ether oxygens (including phenoxy) is 3. The maximum Gasteiger partial charge on any atom is 0.192 e. The van der Waals surface area contributed by atoms with E-state index in [1.54, 1.807) is 25.0 Å². The van der Waals surface area contributed by atoms with Gasteiger partial charge in [0.2, 0.25) is 0 Å². The van der Waals surface area contributed by atoms with Crippen LogP contribution in [0.2, 0.25) is 18.1 Å². The van der Waals surface area contributed by atoms with Crippen LogP contribution in [-0.2, 0) is 15.7 Å². The Morgan fingerprint density at radius 1 is 1.21 bits per heavy atom. The summed E-state index contributed by atoms with van der Waals surface area (Å²) in [5.41, 5.74) is 1.41. The highest BCUT2D eigenvalue weighted by Crippen LogP contribution is 2.43. The maximum atomic E-state index is 16.0. The maximum absolute atomic E-state index is 16.0. The Morgan fingerprint density at radius 2 is 1.95 bits per heavy atom. The second-order valence-corrected chi connectivity index (χ2v) is 16.5. The van der Waals surface area contributed by atoms with Gasteiger partial charge in [0.15, 0.2) is 20.7 Å². The lowest BCUT2D eigenvalue weighted by atomic mass is 10.1. The van der Waals surface area contributed by atoms with Gasteiger partial charge in [0, 0.05) is 28.8 Å². The van der Waals surface area contributed by atoms with Crippen LogP contribution in [0.15, 0.2) is 35.2 Å².